The summed E-state index contributed by atoms with van der Waals surface area (Å²) in [6.07, 6.45) is 6.44. The molecule has 5 heterocycles. The summed E-state index contributed by atoms with van der Waals surface area (Å²) in [5.74, 6) is 0.844. The van der Waals surface area contributed by atoms with Gasteiger partial charge in [-0.05, 0) is 30.8 Å². The standard InChI is InChI=1S/C18H19N5S2/c1-3-13-12-23(8-7-22(13)6-1)18-20-11-14(15-4-2-9-24-15)16(21-18)17-19-5-10-25-17/h2,4-5,9-11,13H,1,3,6-8,12H2/t13-/m1/s1. The van der Waals surface area contributed by atoms with Gasteiger partial charge in [-0.2, -0.15) is 0 Å². The van der Waals surface area contributed by atoms with Crippen LogP contribution in [0, 0.1) is 0 Å². The van der Waals surface area contributed by atoms with E-state index in [0.29, 0.717) is 6.04 Å². The molecule has 128 valence electrons. The fraction of sp³-hybridized carbons (Fsp3) is 0.389. The number of piperazine rings is 1. The summed E-state index contributed by atoms with van der Waals surface area (Å²) in [5, 5.41) is 5.06. The third-order valence-electron chi connectivity index (χ3n) is 5.07. The van der Waals surface area contributed by atoms with Crippen molar-refractivity contribution in [2.24, 2.45) is 0 Å². The Kier molecular flexibility index (Phi) is 4.00. The van der Waals surface area contributed by atoms with Crippen molar-refractivity contribution in [3.05, 3.63) is 35.3 Å². The smallest absolute Gasteiger partial charge is 0.226 e. The van der Waals surface area contributed by atoms with E-state index >= 15 is 0 Å². The summed E-state index contributed by atoms with van der Waals surface area (Å²) in [7, 11) is 0. The first kappa shape index (κ1) is 15.4. The lowest BCUT2D eigenvalue weighted by Crippen LogP contribution is -2.50. The van der Waals surface area contributed by atoms with Gasteiger partial charge < -0.3 is 4.90 Å². The summed E-state index contributed by atoms with van der Waals surface area (Å²) < 4.78 is 0. The van der Waals surface area contributed by atoms with E-state index in [1.807, 2.05) is 17.8 Å². The van der Waals surface area contributed by atoms with Crippen LogP contribution in [0.4, 0.5) is 5.95 Å². The van der Waals surface area contributed by atoms with Crippen LogP contribution in [0.2, 0.25) is 0 Å². The largest absolute Gasteiger partial charge is 0.338 e. The zero-order chi connectivity index (χ0) is 16.6. The van der Waals surface area contributed by atoms with Crippen molar-refractivity contribution in [3.8, 4) is 21.1 Å². The van der Waals surface area contributed by atoms with Crippen LogP contribution in [0.15, 0.2) is 35.3 Å². The van der Waals surface area contributed by atoms with Gasteiger partial charge in [-0.1, -0.05) is 6.07 Å². The topological polar surface area (TPSA) is 45.2 Å². The predicted molar refractivity (Wildman–Crippen MR) is 103 cm³/mol. The van der Waals surface area contributed by atoms with Crippen molar-refractivity contribution in [2.75, 3.05) is 31.1 Å². The maximum atomic E-state index is 4.96. The minimum atomic E-state index is 0.664. The fourth-order valence-electron chi connectivity index (χ4n) is 3.81. The highest BCUT2D eigenvalue weighted by Crippen LogP contribution is 2.35. The number of hydrogen-bond acceptors (Lipinski definition) is 7. The van der Waals surface area contributed by atoms with Gasteiger partial charge in [0.25, 0.3) is 0 Å². The molecule has 3 aromatic heterocycles. The van der Waals surface area contributed by atoms with E-state index in [0.717, 1.165) is 41.8 Å². The van der Waals surface area contributed by atoms with Gasteiger partial charge in [-0.25, -0.2) is 15.0 Å². The van der Waals surface area contributed by atoms with Crippen LogP contribution in [-0.2, 0) is 0 Å². The highest BCUT2D eigenvalue weighted by Gasteiger charge is 2.31. The molecule has 0 spiro atoms. The lowest BCUT2D eigenvalue weighted by Gasteiger charge is -2.37. The average molecular weight is 370 g/mol. The molecular formula is C18H19N5S2. The Morgan fingerprint density at radius 3 is 2.92 bits per heavy atom. The number of nitrogens with zero attached hydrogens (tertiary/aromatic N) is 5. The van der Waals surface area contributed by atoms with Crippen LogP contribution < -0.4 is 4.90 Å². The Labute approximate surface area is 155 Å². The molecule has 0 aromatic carbocycles. The first-order valence-electron chi connectivity index (χ1n) is 8.68. The van der Waals surface area contributed by atoms with Crippen molar-refractivity contribution in [3.63, 3.8) is 0 Å². The molecule has 0 saturated carbocycles. The van der Waals surface area contributed by atoms with Gasteiger partial charge in [0.2, 0.25) is 5.95 Å². The van der Waals surface area contributed by atoms with Crippen molar-refractivity contribution >= 4 is 28.6 Å². The molecule has 2 saturated heterocycles. The fourth-order valence-corrected chi connectivity index (χ4v) is 5.19. The Bertz CT molecular complexity index is 846. The van der Waals surface area contributed by atoms with E-state index in [4.69, 9.17) is 9.97 Å². The van der Waals surface area contributed by atoms with Crippen molar-refractivity contribution in [1.82, 2.24) is 19.9 Å². The lowest BCUT2D eigenvalue weighted by molar-refractivity contribution is 0.229. The summed E-state index contributed by atoms with van der Waals surface area (Å²) in [6.45, 7) is 4.41. The summed E-state index contributed by atoms with van der Waals surface area (Å²) in [6, 6.07) is 4.86. The zero-order valence-electron chi connectivity index (χ0n) is 13.8. The van der Waals surface area contributed by atoms with E-state index in [9.17, 15) is 0 Å². The summed E-state index contributed by atoms with van der Waals surface area (Å²) in [4.78, 5) is 20.3. The molecule has 25 heavy (non-hydrogen) atoms. The molecule has 0 radical (unpaired) electrons. The van der Waals surface area contributed by atoms with Crippen LogP contribution >= 0.6 is 22.7 Å². The van der Waals surface area contributed by atoms with E-state index in [-0.39, 0.29) is 0 Å². The molecule has 3 aromatic rings. The number of hydrogen-bond donors (Lipinski definition) is 0. The van der Waals surface area contributed by atoms with Gasteiger partial charge in [0.05, 0.1) is 0 Å². The van der Waals surface area contributed by atoms with Gasteiger partial charge in [0, 0.05) is 53.9 Å². The maximum absolute atomic E-state index is 4.96. The van der Waals surface area contributed by atoms with Crippen molar-refractivity contribution < 1.29 is 0 Å². The Morgan fingerprint density at radius 2 is 2.08 bits per heavy atom. The van der Waals surface area contributed by atoms with Crippen molar-refractivity contribution in [1.29, 1.82) is 0 Å². The summed E-state index contributed by atoms with van der Waals surface area (Å²) in [5.41, 5.74) is 2.03. The molecule has 1 atom stereocenters. The van der Waals surface area contributed by atoms with Crippen molar-refractivity contribution in [2.45, 2.75) is 18.9 Å². The molecule has 2 fully saturated rings. The maximum Gasteiger partial charge on any atom is 0.226 e. The molecule has 0 unspecified atom stereocenters. The molecular weight excluding hydrogens is 350 g/mol. The Balaban J connectivity index is 1.52. The second kappa shape index (κ2) is 6.48. The first-order chi connectivity index (χ1) is 12.4. The van der Waals surface area contributed by atoms with Gasteiger partial charge >= 0.3 is 0 Å². The highest BCUT2D eigenvalue weighted by molar-refractivity contribution is 7.14. The van der Waals surface area contributed by atoms with E-state index in [1.165, 1.54) is 24.3 Å². The monoisotopic (exact) mass is 369 g/mol. The van der Waals surface area contributed by atoms with Crippen LogP contribution in [0.5, 0.6) is 0 Å². The predicted octanol–water partition coefficient (Wildman–Crippen LogP) is 3.61. The molecule has 0 N–H and O–H groups in total. The molecule has 2 aliphatic rings. The van der Waals surface area contributed by atoms with E-state index < -0.39 is 0 Å². The van der Waals surface area contributed by atoms with Crippen LogP contribution in [0.3, 0.4) is 0 Å². The molecule has 5 rings (SSSR count). The second-order valence-corrected chi connectivity index (χ2v) is 8.37. The average Bonchev–Trinajstić information content (AvgIpc) is 3.43. The second-order valence-electron chi connectivity index (χ2n) is 6.52. The first-order valence-corrected chi connectivity index (χ1v) is 10.4. The minimum Gasteiger partial charge on any atom is -0.338 e. The molecule has 5 nitrogen and oxygen atoms in total. The number of thiophene rings is 1. The highest BCUT2D eigenvalue weighted by atomic mass is 32.1. The molecule has 0 amide bonds. The quantitative estimate of drug-likeness (QED) is 0.706. The minimum absolute atomic E-state index is 0.664. The lowest BCUT2D eigenvalue weighted by atomic mass is 10.1. The number of aromatic nitrogens is 3. The molecule has 2 aliphatic heterocycles. The third-order valence-corrected chi connectivity index (χ3v) is 6.75. The Hall–Kier alpha value is -1.83. The number of fused-ring (bicyclic) bond motifs is 1. The third kappa shape index (κ3) is 2.86. The molecule has 0 bridgehead atoms. The van der Waals surface area contributed by atoms with E-state index in [1.54, 1.807) is 22.7 Å². The van der Waals surface area contributed by atoms with Gasteiger partial charge in [0.1, 0.15) is 10.7 Å². The SMILES string of the molecule is c1csc(-c2cnc(N3CCN4CCC[C@@H]4C3)nc2-c2nccs2)c1. The molecule has 7 heteroatoms. The van der Waals surface area contributed by atoms with Crippen LogP contribution in [0.1, 0.15) is 12.8 Å². The number of rotatable bonds is 3. The number of anilines is 1. The summed E-state index contributed by atoms with van der Waals surface area (Å²) >= 11 is 3.35. The van der Waals surface area contributed by atoms with Gasteiger partial charge in [-0.3, -0.25) is 4.90 Å². The van der Waals surface area contributed by atoms with Crippen LogP contribution in [0.25, 0.3) is 21.1 Å². The molecule has 0 aliphatic carbocycles. The van der Waals surface area contributed by atoms with Crippen LogP contribution in [-0.4, -0.2) is 52.1 Å². The van der Waals surface area contributed by atoms with Gasteiger partial charge in [-0.15, -0.1) is 22.7 Å². The van der Waals surface area contributed by atoms with E-state index in [2.05, 4.69) is 32.3 Å². The zero-order valence-corrected chi connectivity index (χ0v) is 15.5. The normalized spacial score (nSPS) is 20.8. The number of thiazole rings is 1. The Morgan fingerprint density at radius 1 is 1.08 bits per heavy atom. The van der Waals surface area contributed by atoms with Gasteiger partial charge in [0.15, 0.2) is 0 Å².